The van der Waals surface area contributed by atoms with E-state index < -0.39 is 24.4 Å². The Morgan fingerprint density at radius 2 is 1.88 bits per heavy atom. The van der Waals surface area contributed by atoms with Crippen molar-refractivity contribution >= 4 is 62.1 Å². The number of amides is 2. The van der Waals surface area contributed by atoms with Crippen molar-refractivity contribution in [2.45, 2.75) is 13.5 Å². The topological polar surface area (TPSA) is 89.8 Å². The molecular weight excluding hydrogens is 494 g/mol. The number of nitrogens with zero attached hydrogens (tertiary/aromatic N) is 2. The monoisotopic (exact) mass is 513 g/mol. The zero-order valence-electron chi connectivity index (χ0n) is 18.1. The van der Waals surface area contributed by atoms with Crippen LogP contribution in [0.4, 0.5) is 0 Å². The number of fused-ring (bicyclic) bond motifs is 1. The molecule has 2 amide bonds. The molecule has 1 N–H and O–H groups in total. The molecule has 4 aromatic rings. The highest BCUT2D eigenvalue weighted by Gasteiger charge is 2.18. The Hall–Kier alpha value is -3.27. The third kappa shape index (κ3) is 5.80. The van der Waals surface area contributed by atoms with Crippen LogP contribution in [0.5, 0.6) is 0 Å². The third-order valence-corrected chi connectivity index (χ3v) is 7.31. The minimum absolute atomic E-state index is 0.317. The normalized spacial score (nSPS) is 11.5. The Bertz CT molecular complexity index is 1420. The number of benzene rings is 2. The second kappa shape index (κ2) is 10.8. The first-order chi connectivity index (χ1) is 16.4. The minimum atomic E-state index is -0.743. The molecule has 0 saturated carbocycles. The molecule has 0 atom stereocenters. The van der Waals surface area contributed by atoms with Crippen LogP contribution in [0, 0.1) is 6.92 Å². The maximum Gasteiger partial charge on any atom is 0.325 e. The van der Waals surface area contributed by atoms with Crippen molar-refractivity contribution in [2.75, 3.05) is 13.2 Å². The van der Waals surface area contributed by atoms with Gasteiger partial charge in [0.05, 0.1) is 5.02 Å². The summed E-state index contributed by atoms with van der Waals surface area (Å²) >= 11 is 8.84. The highest BCUT2D eigenvalue weighted by atomic mass is 35.5. The highest BCUT2D eigenvalue weighted by molar-refractivity contribution is 7.21. The number of carbonyl (C=O) groups excluding carboxylic acids is 3. The molecule has 0 bridgehead atoms. The van der Waals surface area contributed by atoms with Gasteiger partial charge in [-0.3, -0.25) is 14.4 Å². The second-order valence-corrected chi connectivity index (χ2v) is 9.69. The number of aromatic nitrogens is 1. The van der Waals surface area contributed by atoms with E-state index in [4.69, 9.17) is 16.3 Å². The lowest BCUT2D eigenvalue weighted by Gasteiger charge is -2.05. The predicted molar refractivity (Wildman–Crippen MR) is 133 cm³/mol. The van der Waals surface area contributed by atoms with Crippen LogP contribution in [-0.4, -0.2) is 35.5 Å². The standard InChI is InChI=1S/C24H20ClN3O4S2/c1-15-6-8-16(9-7-15)13-28-10-11-33-24(28)27-19(29)14-32-20(30)12-26-23(31)22-21(25)17-4-2-3-5-18(17)34-22/h2-11H,12-14H2,1H3,(H,26,31). The van der Waals surface area contributed by atoms with Crippen LogP contribution >= 0.6 is 34.3 Å². The molecular formula is C24H20ClN3O4S2. The number of nitrogens with one attached hydrogen (secondary N) is 1. The first-order valence-corrected chi connectivity index (χ1v) is 12.4. The van der Waals surface area contributed by atoms with Gasteiger partial charge in [0.1, 0.15) is 11.4 Å². The predicted octanol–water partition coefficient (Wildman–Crippen LogP) is 4.17. The Kier molecular flexibility index (Phi) is 7.56. The summed E-state index contributed by atoms with van der Waals surface area (Å²) in [4.78, 5) is 41.5. The molecule has 0 aliphatic heterocycles. The van der Waals surface area contributed by atoms with Crippen molar-refractivity contribution in [3.8, 4) is 0 Å². The van der Waals surface area contributed by atoms with Crippen molar-refractivity contribution in [3.63, 3.8) is 0 Å². The van der Waals surface area contributed by atoms with E-state index in [9.17, 15) is 14.4 Å². The van der Waals surface area contributed by atoms with E-state index >= 15 is 0 Å². The number of aryl methyl sites for hydroxylation is 1. The SMILES string of the molecule is Cc1ccc(Cn2ccsc2=NC(=O)COC(=O)CNC(=O)c2sc3ccccc3c2Cl)cc1. The zero-order chi connectivity index (χ0) is 24.1. The third-order valence-electron chi connectivity index (χ3n) is 4.84. The lowest BCUT2D eigenvalue weighted by Crippen LogP contribution is -2.31. The van der Waals surface area contributed by atoms with Gasteiger partial charge in [0, 0.05) is 28.2 Å². The van der Waals surface area contributed by atoms with Crippen LogP contribution in [0.15, 0.2) is 65.1 Å². The van der Waals surface area contributed by atoms with Gasteiger partial charge in [0.25, 0.3) is 11.8 Å². The number of hydrogen-bond acceptors (Lipinski definition) is 6. The minimum Gasteiger partial charge on any atom is -0.454 e. The average Bonchev–Trinajstić information content (AvgIpc) is 3.41. The molecule has 34 heavy (non-hydrogen) atoms. The molecule has 0 unspecified atom stereocenters. The maximum absolute atomic E-state index is 12.4. The summed E-state index contributed by atoms with van der Waals surface area (Å²) in [5.41, 5.74) is 2.25. The van der Waals surface area contributed by atoms with Crippen LogP contribution in [-0.2, 0) is 20.9 Å². The van der Waals surface area contributed by atoms with Crippen molar-refractivity contribution in [1.29, 1.82) is 0 Å². The summed E-state index contributed by atoms with van der Waals surface area (Å²) in [6.07, 6.45) is 1.84. The number of ether oxygens (including phenoxy) is 1. The van der Waals surface area contributed by atoms with E-state index in [0.717, 1.165) is 15.6 Å². The lowest BCUT2D eigenvalue weighted by molar-refractivity contribution is -0.146. The molecule has 0 saturated heterocycles. The summed E-state index contributed by atoms with van der Waals surface area (Å²) in [6.45, 7) is 1.69. The van der Waals surface area contributed by atoms with Gasteiger partial charge in [-0.15, -0.1) is 22.7 Å². The van der Waals surface area contributed by atoms with Gasteiger partial charge >= 0.3 is 5.97 Å². The molecule has 174 valence electrons. The number of thiazole rings is 1. The van der Waals surface area contributed by atoms with Crippen LogP contribution in [0.3, 0.4) is 0 Å². The van der Waals surface area contributed by atoms with Crippen molar-refractivity contribution < 1.29 is 19.1 Å². The van der Waals surface area contributed by atoms with Gasteiger partial charge in [-0.2, -0.15) is 4.99 Å². The van der Waals surface area contributed by atoms with Gasteiger partial charge in [-0.05, 0) is 18.6 Å². The van der Waals surface area contributed by atoms with Crippen molar-refractivity contribution in [2.24, 2.45) is 4.99 Å². The van der Waals surface area contributed by atoms with Crippen LogP contribution in [0.2, 0.25) is 5.02 Å². The smallest absolute Gasteiger partial charge is 0.325 e. The highest BCUT2D eigenvalue weighted by Crippen LogP contribution is 2.34. The summed E-state index contributed by atoms with van der Waals surface area (Å²) < 4.78 is 7.69. The van der Waals surface area contributed by atoms with E-state index in [-0.39, 0.29) is 6.54 Å². The van der Waals surface area contributed by atoms with Gasteiger partial charge in [-0.25, -0.2) is 0 Å². The van der Waals surface area contributed by atoms with Gasteiger partial charge < -0.3 is 14.6 Å². The number of rotatable bonds is 7. The fourth-order valence-electron chi connectivity index (χ4n) is 3.12. The number of hydrogen-bond donors (Lipinski definition) is 1. The first kappa shape index (κ1) is 23.9. The number of carbonyl (C=O) groups is 3. The molecule has 0 aliphatic rings. The van der Waals surface area contributed by atoms with E-state index in [1.165, 1.54) is 28.2 Å². The molecule has 0 fully saturated rings. The largest absolute Gasteiger partial charge is 0.454 e. The first-order valence-electron chi connectivity index (χ1n) is 10.3. The zero-order valence-corrected chi connectivity index (χ0v) is 20.5. The quantitative estimate of drug-likeness (QED) is 0.375. The van der Waals surface area contributed by atoms with E-state index in [1.54, 1.807) is 0 Å². The van der Waals surface area contributed by atoms with E-state index in [0.29, 0.717) is 21.2 Å². The Balaban J connectivity index is 1.29. The van der Waals surface area contributed by atoms with Crippen molar-refractivity contribution in [3.05, 3.63) is 85.9 Å². The Morgan fingerprint density at radius 1 is 1.12 bits per heavy atom. The molecule has 0 spiro atoms. The van der Waals surface area contributed by atoms with Crippen molar-refractivity contribution in [1.82, 2.24) is 9.88 Å². The fourth-order valence-corrected chi connectivity index (χ4v) is 5.30. The maximum atomic E-state index is 12.4. The summed E-state index contributed by atoms with van der Waals surface area (Å²) in [5, 5.41) is 5.44. The lowest BCUT2D eigenvalue weighted by atomic mass is 10.1. The molecule has 0 aliphatic carbocycles. The van der Waals surface area contributed by atoms with E-state index in [2.05, 4.69) is 10.3 Å². The Morgan fingerprint density at radius 3 is 2.65 bits per heavy atom. The van der Waals surface area contributed by atoms with Crippen LogP contribution < -0.4 is 10.1 Å². The number of esters is 1. The number of halogens is 1. The molecule has 4 rings (SSSR count). The molecule has 2 heterocycles. The average molecular weight is 514 g/mol. The van der Waals surface area contributed by atoms with Crippen LogP contribution in [0.25, 0.3) is 10.1 Å². The Labute approximate surface area is 208 Å². The number of thiophene rings is 1. The fraction of sp³-hybridized carbons (Fsp3) is 0.167. The van der Waals surface area contributed by atoms with Gasteiger partial charge in [0.2, 0.25) is 0 Å². The molecule has 0 radical (unpaired) electrons. The van der Waals surface area contributed by atoms with Crippen LogP contribution in [0.1, 0.15) is 20.8 Å². The van der Waals surface area contributed by atoms with E-state index in [1.807, 2.05) is 71.6 Å². The van der Waals surface area contributed by atoms with Gasteiger partial charge in [0.15, 0.2) is 11.4 Å². The summed E-state index contributed by atoms with van der Waals surface area (Å²) in [5.74, 6) is -1.81. The molecule has 2 aromatic heterocycles. The molecule has 7 nitrogen and oxygen atoms in total. The summed E-state index contributed by atoms with van der Waals surface area (Å²) in [6, 6.07) is 15.5. The van der Waals surface area contributed by atoms with Gasteiger partial charge in [-0.1, -0.05) is 59.6 Å². The second-order valence-electron chi connectivity index (χ2n) is 7.39. The molecule has 10 heteroatoms. The summed E-state index contributed by atoms with van der Waals surface area (Å²) in [7, 11) is 0. The molecule has 2 aromatic carbocycles.